The molecule has 5 aromatic rings. The first kappa shape index (κ1) is 37.8. The molecule has 4 N–H and O–H groups in total. The third-order valence-corrected chi connectivity index (χ3v) is 9.61. The van der Waals surface area contributed by atoms with Crippen molar-refractivity contribution in [3.63, 3.8) is 0 Å². The molecule has 0 spiro atoms. The second-order valence-electron chi connectivity index (χ2n) is 13.4. The van der Waals surface area contributed by atoms with Crippen LogP contribution in [0.2, 0.25) is 0 Å². The van der Waals surface area contributed by atoms with Crippen molar-refractivity contribution in [1.82, 2.24) is 40.4 Å². The van der Waals surface area contributed by atoms with E-state index in [4.69, 9.17) is 9.72 Å². The number of H-pyrrole nitrogens is 2. The van der Waals surface area contributed by atoms with Crippen molar-refractivity contribution in [2.75, 3.05) is 26.7 Å². The number of carbonyl (C=O) groups is 4. The highest BCUT2D eigenvalue weighted by molar-refractivity contribution is 6.07. The molecule has 4 amide bonds. The van der Waals surface area contributed by atoms with Gasteiger partial charge < -0.3 is 39.9 Å². The molecule has 54 heavy (non-hydrogen) atoms. The van der Waals surface area contributed by atoms with E-state index in [9.17, 15) is 19.2 Å². The summed E-state index contributed by atoms with van der Waals surface area (Å²) < 4.78 is 10.9. The number of alkyl carbamates (subject to hydrolysis) is 1. The van der Waals surface area contributed by atoms with E-state index < -0.39 is 12.1 Å². The zero-order valence-corrected chi connectivity index (χ0v) is 31.5. The highest BCUT2D eigenvalue weighted by atomic mass is 16.5. The Hall–Kier alpha value is -5.92. The topological polar surface area (TPSA) is 175 Å². The van der Waals surface area contributed by atoms with Crippen LogP contribution in [0.4, 0.5) is 4.79 Å². The van der Waals surface area contributed by atoms with Crippen LogP contribution in [-0.2, 0) is 38.8 Å². The first-order valence-electron chi connectivity index (χ1n) is 18.6. The van der Waals surface area contributed by atoms with Crippen molar-refractivity contribution in [3.05, 3.63) is 65.9 Å². The number of rotatable bonds is 15. The molecule has 0 saturated heterocycles. The number of aromatic amines is 2. The van der Waals surface area contributed by atoms with Crippen molar-refractivity contribution in [2.45, 2.75) is 79.1 Å². The first-order chi connectivity index (χ1) is 26.2. The molecule has 0 fully saturated rings. The molecule has 0 aliphatic carbocycles. The van der Waals surface area contributed by atoms with Gasteiger partial charge in [-0.15, -0.1) is 0 Å². The van der Waals surface area contributed by atoms with E-state index >= 15 is 0 Å². The predicted molar refractivity (Wildman–Crippen MR) is 205 cm³/mol. The van der Waals surface area contributed by atoms with Gasteiger partial charge in [0.1, 0.15) is 36.6 Å². The number of aromatic nitrogens is 4. The van der Waals surface area contributed by atoms with Crippen LogP contribution < -0.4 is 15.4 Å². The van der Waals surface area contributed by atoms with Gasteiger partial charge in [0.25, 0.3) is 0 Å². The molecule has 1 aliphatic rings. The van der Waals surface area contributed by atoms with Gasteiger partial charge in [-0.3, -0.25) is 14.4 Å². The molecule has 1 atom stereocenters. The van der Waals surface area contributed by atoms with Crippen LogP contribution in [0, 0.1) is 0 Å². The summed E-state index contributed by atoms with van der Waals surface area (Å²) in [7, 11) is 1.26. The first-order valence-corrected chi connectivity index (χ1v) is 18.6. The fourth-order valence-electron chi connectivity index (χ4n) is 6.82. The lowest BCUT2D eigenvalue weighted by Crippen LogP contribution is -2.48. The van der Waals surface area contributed by atoms with Crippen molar-refractivity contribution >= 4 is 45.6 Å². The standard InChI is InChI=1S/C40H48N8O6/c1-6-14-47(37(50)20-42-40(52)53-5)21-34-41-19-32(44-34)25-10-12-27-26(16-25)23-54-33-18-28-24(17-29(27)33)11-13-31-38(28)46-35(43-31)22-48(15-7-2)39(51)30(8-3)45-36(49)9-4/h10-13,16-19,30H,6-9,14-15,20-23H2,1-5H3,(H,41,44)(H,42,52)(H,43,46)(H,45,49)/t30-/m0/s1. The van der Waals surface area contributed by atoms with E-state index in [2.05, 4.69) is 66.7 Å². The van der Waals surface area contributed by atoms with E-state index in [1.54, 1.807) is 22.9 Å². The minimum absolute atomic E-state index is 0.110. The maximum absolute atomic E-state index is 13.5. The molecule has 14 heteroatoms. The van der Waals surface area contributed by atoms with E-state index in [0.29, 0.717) is 50.7 Å². The Kier molecular flexibility index (Phi) is 11.8. The number of nitrogens with zero attached hydrogens (tertiary/aromatic N) is 4. The fourth-order valence-corrected chi connectivity index (χ4v) is 6.82. The van der Waals surface area contributed by atoms with E-state index in [-0.39, 0.29) is 30.8 Å². The molecule has 0 unspecified atom stereocenters. The van der Waals surface area contributed by atoms with Crippen LogP contribution in [0.25, 0.3) is 44.2 Å². The van der Waals surface area contributed by atoms with Gasteiger partial charge >= 0.3 is 6.09 Å². The number of imidazole rings is 2. The summed E-state index contributed by atoms with van der Waals surface area (Å²) >= 11 is 0. The third kappa shape index (κ3) is 8.17. The minimum Gasteiger partial charge on any atom is -0.488 e. The van der Waals surface area contributed by atoms with E-state index in [1.165, 1.54) is 7.11 Å². The van der Waals surface area contributed by atoms with Crippen LogP contribution in [0.5, 0.6) is 5.75 Å². The molecule has 14 nitrogen and oxygen atoms in total. The zero-order chi connectivity index (χ0) is 38.4. The highest BCUT2D eigenvalue weighted by Gasteiger charge is 2.26. The lowest BCUT2D eigenvalue weighted by Gasteiger charge is -2.26. The second-order valence-corrected chi connectivity index (χ2v) is 13.4. The third-order valence-electron chi connectivity index (χ3n) is 9.61. The molecular weight excluding hydrogens is 688 g/mol. The quantitative estimate of drug-likeness (QED) is 0.104. The monoisotopic (exact) mass is 736 g/mol. The lowest BCUT2D eigenvalue weighted by molar-refractivity contribution is -0.137. The van der Waals surface area contributed by atoms with Gasteiger partial charge in [-0.1, -0.05) is 45.9 Å². The Balaban J connectivity index is 1.21. The molecule has 284 valence electrons. The van der Waals surface area contributed by atoms with Crippen LogP contribution in [0.15, 0.2) is 48.7 Å². The number of hydrogen-bond acceptors (Lipinski definition) is 8. The molecule has 0 bridgehead atoms. The normalized spacial score (nSPS) is 12.4. The summed E-state index contributed by atoms with van der Waals surface area (Å²) in [5, 5.41) is 7.30. The second kappa shape index (κ2) is 16.8. The van der Waals surface area contributed by atoms with Crippen molar-refractivity contribution in [2.24, 2.45) is 0 Å². The summed E-state index contributed by atoms with van der Waals surface area (Å²) in [6.07, 6.45) is 3.48. The largest absolute Gasteiger partial charge is 0.488 e. The number of benzene rings is 3. The SMILES string of the molecule is CCCN(Cc1ncc(-c2ccc3c(c2)COc2cc4c(ccc5nc(CN(CCC)C(=O)[C@H](CC)NC(=O)CC)[nH]c54)cc2-3)[nH]1)C(=O)CNC(=O)OC. The summed E-state index contributed by atoms with van der Waals surface area (Å²) in [6, 6.07) is 13.9. The van der Waals surface area contributed by atoms with Crippen LogP contribution in [0.3, 0.4) is 0 Å². The molecule has 3 aromatic carbocycles. The van der Waals surface area contributed by atoms with Crippen molar-refractivity contribution in [3.8, 4) is 28.1 Å². The summed E-state index contributed by atoms with van der Waals surface area (Å²) in [4.78, 5) is 69.4. The summed E-state index contributed by atoms with van der Waals surface area (Å²) in [5.41, 5.74) is 6.56. The number of carbonyl (C=O) groups excluding carboxylic acids is 4. The number of ether oxygens (including phenoxy) is 2. The van der Waals surface area contributed by atoms with Gasteiger partial charge in [0.05, 0.1) is 43.1 Å². The lowest BCUT2D eigenvalue weighted by atomic mass is 9.92. The van der Waals surface area contributed by atoms with Crippen molar-refractivity contribution < 1.29 is 28.7 Å². The highest BCUT2D eigenvalue weighted by Crippen LogP contribution is 2.42. The number of fused-ring (bicyclic) bond motifs is 6. The van der Waals surface area contributed by atoms with Gasteiger partial charge in [-0.05, 0) is 65.6 Å². The molecule has 0 radical (unpaired) electrons. The smallest absolute Gasteiger partial charge is 0.407 e. The summed E-state index contributed by atoms with van der Waals surface area (Å²) in [6.45, 7) is 9.58. The fraction of sp³-hybridized carbons (Fsp3) is 0.400. The van der Waals surface area contributed by atoms with Crippen LogP contribution >= 0.6 is 0 Å². The van der Waals surface area contributed by atoms with Gasteiger partial charge in [0.2, 0.25) is 17.7 Å². The molecule has 3 heterocycles. The van der Waals surface area contributed by atoms with Gasteiger partial charge in [-0.2, -0.15) is 0 Å². The Morgan fingerprint density at radius 1 is 0.926 bits per heavy atom. The van der Waals surface area contributed by atoms with Gasteiger partial charge in [0, 0.05) is 30.5 Å². The maximum Gasteiger partial charge on any atom is 0.407 e. The Bertz CT molecular complexity index is 2170. The molecule has 1 aliphatic heterocycles. The molecular formula is C40H48N8O6. The van der Waals surface area contributed by atoms with E-state index in [1.807, 2.05) is 26.8 Å². The Labute approximate surface area is 314 Å². The Morgan fingerprint density at radius 2 is 1.70 bits per heavy atom. The number of methoxy groups -OCH3 is 1. The van der Waals surface area contributed by atoms with Crippen LogP contribution in [0.1, 0.15) is 70.6 Å². The number of hydrogen-bond donors (Lipinski definition) is 4. The zero-order valence-electron chi connectivity index (χ0n) is 31.5. The van der Waals surface area contributed by atoms with E-state index in [0.717, 1.165) is 68.3 Å². The average molecular weight is 737 g/mol. The molecule has 6 rings (SSSR count). The molecule has 2 aromatic heterocycles. The van der Waals surface area contributed by atoms with Crippen molar-refractivity contribution in [1.29, 1.82) is 0 Å². The summed E-state index contributed by atoms with van der Waals surface area (Å²) in [5.74, 6) is 1.61. The van der Waals surface area contributed by atoms with Gasteiger partial charge in [-0.25, -0.2) is 14.8 Å². The van der Waals surface area contributed by atoms with Gasteiger partial charge in [0.15, 0.2) is 0 Å². The average Bonchev–Trinajstić information content (AvgIpc) is 3.84. The maximum atomic E-state index is 13.5. The number of nitrogens with one attached hydrogen (secondary N) is 4. The van der Waals surface area contributed by atoms with Crippen LogP contribution in [-0.4, -0.2) is 86.3 Å². The number of amides is 4. The Morgan fingerprint density at radius 3 is 2.44 bits per heavy atom. The predicted octanol–water partition coefficient (Wildman–Crippen LogP) is 5.80. The minimum atomic E-state index is -0.654. The molecule has 0 saturated carbocycles.